The highest BCUT2D eigenvalue weighted by Crippen LogP contribution is 2.27. The van der Waals surface area contributed by atoms with Gasteiger partial charge in [-0.3, -0.25) is 9.59 Å². The molecule has 0 radical (unpaired) electrons. The van der Waals surface area contributed by atoms with E-state index in [1.54, 1.807) is 0 Å². The van der Waals surface area contributed by atoms with Crippen LogP contribution < -0.4 is 15.4 Å². The van der Waals surface area contributed by atoms with Gasteiger partial charge in [0.1, 0.15) is 11.8 Å². The number of nitrogens with one attached hydrogen (secondary N) is 2. The highest BCUT2D eigenvalue weighted by Gasteiger charge is 2.17. The summed E-state index contributed by atoms with van der Waals surface area (Å²) in [5.41, 5.74) is 0.273. The van der Waals surface area contributed by atoms with Crippen LogP contribution in [-0.4, -0.2) is 35.0 Å². The van der Waals surface area contributed by atoms with E-state index in [-0.39, 0.29) is 23.3 Å². The van der Waals surface area contributed by atoms with Gasteiger partial charge in [-0.2, -0.15) is 0 Å². The van der Waals surface area contributed by atoms with Crippen LogP contribution in [0.15, 0.2) is 18.2 Å². The van der Waals surface area contributed by atoms with E-state index in [0.29, 0.717) is 5.75 Å². The summed E-state index contributed by atoms with van der Waals surface area (Å²) >= 11 is 0. The molecule has 1 unspecified atom stereocenters. The Morgan fingerprint density at radius 1 is 1.18 bits per heavy atom. The molecular weight excluding hydrogens is 288 g/mol. The van der Waals surface area contributed by atoms with Crippen LogP contribution in [0.2, 0.25) is 0 Å². The largest absolute Gasteiger partial charge is 0.489 e. The van der Waals surface area contributed by atoms with E-state index in [4.69, 9.17) is 9.84 Å². The van der Waals surface area contributed by atoms with Crippen LogP contribution in [0.5, 0.6) is 5.75 Å². The van der Waals surface area contributed by atoms with E-state index >= 15 is 0 Å². The first-order valence-corrected chi connectivity index (χ1v) is 6.82. The molecule has 1 rings (SSSR count). The van der Waals surface area contributed by atoms with E-state index in [0.717, 1.165) is 0 Å². The highest BCUT2D eigenvalue weighted by molar-refractivity contribution is 5.99. The minimum absolute atomic E-state index is 0.0265. The van der Waals surface area contributed by atoms with Crippen molar-refractivity contribution in [3.8, 4) is 5.75 Å². The Labute approximate surface area is 128 Å². The molecule has 1 aromatic carbocycles. The van der Waals surface area contributed by atoms with Gasteiger partial charge < -0.3 is 20.5 Å². The molecule has 1 atom stereocenters. The van der Waals surface area contributed by atoms with Gasteiger partial charge in [-0.05, 0) is 39.0 Å². The van der Waals surface area contributed by atoms with Gasteiger partial charge in [0.05, 0.1) is 17.4 Å². The van der Waals surface area contributed by atoms with Crippen molar-refractivity contribution in [3.05, 3.63) is 23.8 Å². The van der Waals surface area contributed by atoms with Gasteiger partial charge in [0.2, 0.25) is 11.8 Å². The zero-order chi connectivity index (χ0) is 16.9. The average molecular weight is 308 g/mol. The molecule has 120 valence electrons. The summed E-state index contributed by atoms with van der Waals surface area (Å²) < 4.78 is 5.55. The smallest absolute Gasteiger partial charge is 0.335 e. The lowest BCUT2D eigenvalue weighted by Crippen LogP contribution is -2.40. The van der Waals surface area contributed by atoms with Crippen LogP contribution in [-0.2, 0) is 9.59 Å². The van der Waals surface area contributed by atoms with Crippen molar-refractivity contribution in [2.45, 2.75) is 39.8 Å². The lowest BCUT2D eigenvalue weighted by molar-refractivity contribution is -0.124. The van der Waals surface area contributed by atoms with E-state index < -0.39 is 17.9 Å². The number of anilines is 1. The fraction of sp³-hybridized carbons (Fsp3) is 0.400. The number of hydrogen-bond acceptors (Lipinski definition) is 4. The summed E-state index contributed by atoms with van der Waals surface area (Å²) in [6.07, 6.45) is -0.140. The van der Waals surface area contributed by atoms with Crippen molar-refractivity contribution in [2.75, 3.05) is 5.32 Å². The maximum absolute atomic E-state index is 12.0. The molecule has 0 aliphatic carbocycles. The predicted molar refractivity (Wildman–Crippen MR) is 81.1 cm³/mol. The summed E-state index contributed by atoms with van der Waals surface area (Å²) in [7, 11) is 0. The van der Waals surface area contributed by atoms with Crippen LogP contribution in [0, 0.1) is 0 Å². The average Bonchev–Trinajstić information content (AvgIpc) is 2.38. The number of carboxylic acid groups (broad SMARTS) is 1. The first kappa shape index (κ1) is 17.5. The SMILES string of the molecule is CC(=O)NC(C)C(=O)Nc1cc(C(=O)O)ccc1OC(C)C. The van der Waals surface area contributed by atoms with Gasteiger partial charge in [0.15, 0.2) is 0 Å². The molecule has 7 heteroatoms. The van der Waals surface area contributed by atoms with E-state index in [1.165, 1.54) is 32.0 Å². The Hall–Kier alpha value is -2.57. The zero-order valence-electron chi connectivity index (χ0n) is 13.0. The molecule has 0 heterocycles. The second-order valence-electron chi connectivity index (χ2n) is 5.09. The maximum Gasteiger partial charge on any atom is 0.335 e. The van der Waals surface area contributed by atoms with Gasteiger partial charge >= 0.3 is 5.97 Å². The van der Waals surface area contributed by atoms with Crippen molar-refractivity contribution in [1.29, 1.82) is 0 Å². The number of rotatable bonds is 6. The van der Waals surface area contributed by atoms with E-state index in [9.17, 15) is 14.4 Å². The standard InChI is InChI=1S/C15H20N2O5/c1-8(2)22-13-6-5-11(15(20)21)7-12(13)17-14(19)9(3)16-10(4)18/h5-9H,1-4H3,(H,16,18)(H,17,19)(H,20,21). The molecule has 3 N–H and O–H groups in total. The van der Waals surface area contributed by atoms with Crippen LogP contribution in [0.4, 0.5) is 5.69 Å². The molecule has 0 aliphatic heterocycles. The van der Waals surface area contributed by atoms with Gasteiger partial charge in [0.25, 0.3) is 0 Å². The molecule has 0 saturated carbocycles. The van der Waals surface area contributed by atoms with Gasteiger partial charge in [0, 0.05) is 6.92 Å². The number of aromatic carboxylic acids is 1. The van der Waals surface area contributed by atoms with Gasteiger partial charge in [-0.25, -0.2) is 4.79 Å². The topological polar surface area (TPSA) is 105 Å². The number of carbonyl (C=O) groups is 3. The third kappa shape index (κ3) is 5.08. The molecule has 2 amide bonds. The fourth-order valence-corrected chi connectivity index (χ4v) is 1.73. The monoisotopic (exact) mass is 308 g/mol. The lowest BCUT2D eigenvalue weighted by atomic mass is 10.1. The van der Waals surface area contributed by atoms with E-state index in [2.05, 4.69) is 10.6 Å². The Bertz CT molecular complexity index is 583. The first-order chi connectivity index (χ1) is 10.2. The quantitative estimate of drug-likeness (QED) is 0.741. The van der Waals surface area contributed by atoms with Crippen molar-refractivity contribution in [3.63, 3.8) is 0 Å². The molecule has 0 saturated heterocycles. The van der Waals surface area contributed by atoms with Crippen LogP contribution in [0.3, 0.4) is 0 Å². The molecule has 0 fully saturated rings. The number of hydrogen-bond donors (Lipinski definition) is 3. The molecular formula is C15H20N2O5. The number of carboxylic acids is 1. The number of carbonyl (C=O) groups excluding carboxylic acids is 2. The molecule has 0 bridgehead atoms. The lowest BCUT2D eigenvalue weighted by Gasteiger charge is -2.17. The summed E-state index contributed by atoms with van der Waals surface area (Å²) in [6, 6.07) is 3.45. The van der Waals surface area contributed by atoms with Gasteiger partial charge in [-0.15, -0.1) is 0 Å². The normalized spacial score (nSPS) is 11.7. The fourth-order valence-electron chi connectivity index (χ4n) is 1.73. The van der Waals surface area contributed by atoms with Crippen LogP contribution in [0.1, 0.15) is 38.1 Å². The number of benzene rings is 1. The minimum Gasteiger partial charge on any atom is -0.489 e. The second-order valence-corrected chi connectivity index (χ2v) is 5.09. The second kappa shape index (κ2) is 7.44. The molecule has 0 aromatic heterocycles. The van der Waals surface area contributed by atoms with E-state index in [1.807, 2.05) is 13.8 Å². The third-order valence-corrected chi connectivity index (χ3v) is 2.66. The Morgan fingerprint density at radius 3 is 2.32 bits per heavy atom. The Balaban J connectivity index is 3.03. The van der Waals surface area contributed by atoms with Crippen LogP contribution >= 0.6 is 0 Å². The summed E-state index contributed by atoms with van der Waals surface area (Å²) in [5.74, 6) is -1.54. The minimum atomic E-state index is -1.11. The molecule has 22 heavy (non-hydrogen) atoms. The molecule has 7 nitrogen and oxygen atoms in total. The number of ether oxygens (including phenoxy) is 1. The summed E-state index contributed by atoms with van der Waals surface area (Å²) in [5, 5.41) is 14.1. The predicted octanol–water partition coefficient (Wildman–Crippen LogP) is 1.64. The first-order valence-electron chi connectivity index (χ1n) is 6.82. The Kier molecular flexibility index (Phi) is 5.91. The van der Waals surface area contributed by atoms with Crippen molar-refractivity contribution in [2.24, 2.45) is 0 Å². The number of amides is 2. The van der Waals surface area contributed by atoms with Crippen LogP contribution in [0.25, 0.3) is 0 Å². The molecule has 0 spiro atoms. The summed E-state index contributed by atoms with van der Waals surface area (Å²) in [4.78, 5) is 34.1. The maximum atomic E-state index is 12.0. The van der Waals surface area contributed by atoms with Crippen molar-refractivity contribution < 1.29 is 24.2 Å². The molecule has 1 aromatic rings. The molecule has 0 aliphatic rings. The Morgan fingerprint density at radius 2 is 1.82 bits per heavy atom. The summed E-state index contributed by atoms with van der Waals surface area (Å²) in [6.45, 7) is 6.47. The van der Waals surface area contributed by atoms with Gasteiger partial charge in [-0.1, -0.05) is 0 Å². The highest BCUT2D eigenvalue weighted by atomic mass is 16.5. The van der Waals surface area contributed by atoms with Crippen molar-refractivity contribution >= 4 is 23.5 Å². The third-order valence-electron chi connectivity index (χ3n) is 2.66. The van der Waals surface area contributed by atoms with Crippen molar-refractivity contribution in [1.82, 2.24) is 5.32 Å². The zero-order valence-corrected chi connectivity index (χ0v) is 13.0.